The normalized spacial score (nSPS) is 12.9. The van der Waals surface area contributed by atoms with Gasteiger partial charge in [0.2, 0.25) is 0 Å². The molecule has 0 amide bonds. The molecular formula is C14H17N. The summed E-state index contributed by atoms with van der Waals surface area (Å²) in [5.74, 6) is 0.628. The van der Waals surface area contributed by atoms with Crippen molar-refractivity contribution in [3.8, 4) is 0 Å². The monoisotopic (exact) mass is 199 g/mol. The zero-order valence-corrected chi connectivity index (χ0v) is 9.40. The first-order valence-corrected chi connectivity index (χ1v) is 5.66. The molecule has 1 unspecified atom stereocenters. The van der Waals surface area contributed by atoms with Gasteiger partial charge in [-0.05, 0) is 30.0 Å². The lowest BCUT2D eigenvalue weighted by Gasteiger charge is -2.12. The van der Waals surface area contributed by atoms with Crippen LogP contribution in [0.15, 0.2) is 36.5 Å². The van der Waals surface area contributed by atoms with Crippen molar-refractivity contribution in [1.29, 1.82) is 0 Å². The molecule has 0 aliphatic rings. The molecule has 0 fully saturated rings. The standard InChI is InChI=1S/C14H17N/c1-3-6-11(2)12-7-4-9-14-13(12)8-5-10-15-14/h4-5,7-11H,3,6H2,1-2H3. The molecule has 1 aromatic heterocycles. The van der Waals surface area contributed by atoms with Crippen LogP contribution in [0.2, 0.25) is 0 Å². The van der Waals surface area contributed by atoms with Crippen LogP contribution in [0.25, 0.3) is 10.9 Å². The quantitative estimate of drug-likeness (QED) is 0.724. The minimum Gasteiger partial charge on any atom is -0.256 e. The average Bonchev–Trinajstić information content (AvgIpc) is 2.28. The Morgan fingerprint density at radius 2 is 2.07 bits per heavy atom. The molecule has 1 heteroatoms. The van der Waals surface area contributed by atoms with Gasteiger partial charge in [0.1, 0.15) is 0 Å². The highest BCUT2D eigenvalue weighted by Crippen LogP contribution is 2.27. The van der Waals surface area contributed by atoms with E-state index in [0.29, 0.717) is 5.92 Å². The topological polar surface area (TPSA) is 12.9 Å². The highest BCUT2D eigenvalue weighted by Gasteiger charge is 2.07. The van der Waals surface area contributed by atoms with Gasteiger partial charge in [-0.15, -0.1) is 0 Å². The largest absolute Gasteiger partial charge is 0.256 e. The Bertz CT molecular complexity index is 443. The highest BCUT2D eigenvalue weighted by atomic mass is 14.6. The molecule has 0 aliphatic carbocycles. The van der Waals surface area contributed by atoms with E-state index in [1.54, 1.807) is 0 Å². The van der Waals surface area contributed by atoms with E-state index in [2.05, 4.69) is 43.1 Å². The van der Waals surface area contributed by atoms with Crippen LogP contribution < -0.4 is 0 Å². The third-order valence-electron chi connectivity index (χ3n) is 2.93. The van der Waals surface area contributed by atoms with Crippen LogP contribution >= 0.6 is 0 Å². The van der Waals surface area contributed by atoms with Crippen LogP contribution in [-0.4, -0.2) is 4.98 Å². The van der Waals surface area contributed by atoms with Crippen molar-refractivity contribution in [2.24, 2.45) is 0 Å². The second-order valence-corrected chi connectivity index (χ2v) is 4.11. The summed E-state index contributed by atoms with van der Waals surface area (Å²) in [6.45, 7) is 4.53. The number of nitrogens with zero attached hydrogens (tertiary/aromatic N) is 1. The van der Waals surface area contributed by atoms with E-state index in [1.807, 2.05) is 12.3 Å². The molecule has 1 atom stereocenters. The molecule has 2 rings (SSSR count). The lowest BCUT2D eigenvalue weighted by molar-refractivity contribution is 0.669. The lowest BCUT2D eigenvalue weighted by Crippen LogP contribution is -1.94. The Morgan fingerprint density at radius 1 is 1.20 bits per heavy atom. The van der Waals surface area contributed by atoms with Crippen LogP contribution in [0.5, 0.6) is 0 Å². The first kappa shape index (κ1) is 10.2. The average molecular weight is 199 g/mol. The zero-order chi connectivity index (χ0) is 10.7. The zero-order valence-electron chi connectivity index (χ0n) is 9.40. The van der Waals surface area contributed by atoms with Gasteiger partial charge < -0.3 is 0 Å². The highest BCUT2D eigenvalue weighted by molar-refractivity contribution is 5.82. The van der Waals surface area contributed by atoms with Crippen LogP contribution in [0, 0.1) is 0 Å². The van der Waals surface area contributed by atoms with Gasteiger partial charge >= 0.3 is 0 Å². The van der Waals surface area contributed by atoms with E-state index in [9.17, 15) is 0 Å². The molecule has 0 saturated carbocycles. The maximum absolute atomic E-state index is 4.38. The van der Waals surface area contributed by atoms with Crippen molar-refractivity contribution in [2.45, 2.75) is 32.6 Å². The summed E-state index contributed by atoms with van der Waals surface area (Å²) in [6, 6.07) is 10.6. The molecule has 0 spiro atoms. The van der Waals surface area contributed by atoms with Crippen LogP contribution in [0.3, 0.4) is 0 Å². The van der Waals surface area contributed by atoms with Crippen molar-refractivity contribution < 1.29 is 0 Å². The van der Waals surface area contributed by atoms with Gasteiger partial charge in [0.25, 0.3) is 0 Å². The number of aromatic nitrogens is 1. The summed E-state index contributed by atoms with van der Waals surface area (Å²) in [5, 5.41) is 1.31. The minimum absolute atomic E-state index is 0.628. The number of hydrogen-bond acceptors (Lipinski definition) is 1. The Balaban J connectivity index is 2.50. The fourth-order valence-corrected chi connectivity index (χ4v) is 2.15. The maximum atomic E-state index is 4.38. The number of pyridine rings is 1. The van der Waals surface area contributed by atoms with Crippen molar-refractivity contribution >= 4 is 10.9 Å². The number of rotatable bonds is 3. The molecular weight excluding hydrogens is 182 g/mol. The second kappa shape index (κ2) is 4.43. The smallest absolute Gasteiger partial charge is 0.0704 e. The van der Waals surface area contributed by atoms with Gasteiger partial charge in [-0.25, -0.2) is 0 Å². The molecule has 0 radical (unpaired) electrons. The number of benzene rings is 1. The first-order valence-electron chi connectivity index (χ1n) is 5.66. The summed E-state index contributed by atoms with van der Waals surface area (Å²) < 4.78 is 0. The summed E-state index contributed by atoms with van der Waals surface area (Å²) in [4.78, 5) is 4.38. The van der Waals surface area contributed by atoms with Crippen LogP contribution in [0.1, 0.15) is 38.2 Å². The van der Waals surface area contributed by atoms with E-state index in [1.165, 1.54) is 23.8 Å². The molecule has 1 nitrogen and oxygen atoms in total. The van der Waals surface area contributed by atoms with Crippen molar-refractivity contribution in [3.05, 3.63) is 42.1 Å². The molecule has 1 aromatic carbocycles. The molecule has 1 heterocycles. The van der Waals surface area contributed by atoms with Crippen LogP contribution in [-0.2, 0) is 0 Å². The van der Waals surface area contributed by atoms with Crippen LogP contribution in [0.4, 0.5) is 0 Å². The molecule has 0 saturated heterocycles. The Kier molecular flexibility index (Phi) is 3.00. The SMILES string of the molecule is CCCC(C)c1cccc2ncccc12. The third-order valence-corrected chi connectivity index (χ3v) is 2.93. The fourth-order valence-electron chi connectivity index (χ4n) is 2.15. The molecule has 0 bridgehead atoms. The summed E-state index contributed by atoms with van der Waals surface area (Å²) in [7, 11) is 0. The molecule has 0 aliphatic heterocycles. The fraction of sp³-hybridized carbons (Fsp3) is 0.357. The number of hydrogen-bond donors (Lipinski definition) is 0. The first-order chi connectivity index (χ1) is 7.33. The van der Waals surface area contributed by atoms with Gasteiger partial charge in [0, 0.05) is 11.6 Å². The van der Waals surface area contributed by atoms with Gasteiger partial charge in [-0.2, -0.15) is 0 Å². The lowest BCUT2D eigenvalue weighted by atomic mass is 9.93. The van der Waals surface area contributed by atoms with E-state index < -0.39 is 0 Å². The minimum atomic E-state index is 0.628. The van der Waals surface area contributed by atoms with Crippen molar-refractivity contribution in [1.82, 2.24) is 4.98 Å². The predicted octanol–water partition coefficient (Wildman–Crippen LogP) is 4.14. The molecule has 0 N–H and O–H groups in total. The van der Waals surface area contributed by atoms with Crippen molar-refractivity contribution in [3.63, 3.8) is 0 Å². The Labute approximate surface area is 91.2 Å². The van der Waals surface area contributed by atoms with E-state index >= 15 is 0 Å². The third kappa shape index (κ3) is 2.01. The number of fused-ring (bicyclic) bond motifs is 1. The molecule has 78 valence electrons. The van der Waals surface area contributed by atoms with E-state index in [-0.39, 0.29) is 0 Å². The van der Waals surface area contributed by atoms with Crippen molar-refractivity contribution in [2.75, 3.05) is 0 Å². The Morgan fingerprint density at radius 3 is 2.87 bits per heavy atom. The second-order valence-electron chi connectivity index (χ2n) is 4.11. The van der Waals surface area contributed by atoms with E-state index in [4.69, 9.17) is 0 Å². The summed E-state index contributed by atoms with van der Waals surface area (Å²) >= 11 is 0. The molecule has 2 aromatic rings. The Hall–Kier alpha value is -1.37. The van der Waals surface area contributed by atoms with Gasteiger partial charge in [-0.1, -0.05) is 38.5 Å². The summed E-state index contributed by atoms with van der Waals surface area (Å²) in [5.41, 5.74) is 2.54. The van der Waals surface area contributed by atoms with Gasteiger partial charge in [0.15, 0.2) is 0 Å². The van der Waals surface area contributed by atoms with E-state index in [0.717, 1.165) is 5.52 Å². The summed E-state index contributed by atoms with van der Waals surface area (Å²) in [6.07, 6.45) is 4.34. The van der Waals surface area contributed by atoms with Gasteiger partial charge in [-0.3, -0.25) is 4.98 Å². The molecule has 15 heavy (non-hydrogen) atoms. The van der Waals surface area contributed by atoms with Gasteiger partial charge in [0.05, 0.1) is 5.52 Å². The predicted molar refractivity (Wildman–Crippen MR) is 65.1 cm³/mol. The maximum Gasteiger partial charge on any atom is 0.0704 e.